The molecule has 0 spiro atoms. The average molecular weight is 405 g/mol. The maximum atomic E-state index is 11.3. The molecular weight excluding hydrogens is 376 g/mol. The molecule has 156 valence electrons. The first-order valence-corrected chi connectivity index (χ1v) is 10.8. The van der Waals surface area contributed by atoms with E-state index in [0.717, 1.165) is 25.1 Å². The number of ether oxygens (including phenoxy) is 1. The summed E-state index contributed by atoms with van der Waals surface area (Å²) in [7, 11) is 1.75. The summed E-state index contributed by atoms with van der Waals surface area (Å²) in [5.41, 5.74) is 5.16. The van der Waals surface area contributed by atoms with Gasteiger partial charge in [-0.05, 0) is 74.4 Å². The summed E-state index contributed by atoms with van der Waals surface area (Å²) in [6.45, 7) is 2.95. The fraction of sp³-hybridized carbons (Fsp3) is 0.400. The van der Waals surface area contributed by atoms with Gasteiger partial charge < -0.3 is 14.8 Å². The third-order valence-corrected chi connectivity index (χ3v) is 7.34. The number of aromatic nitrogens is 1. The highest BCUT2D eigenvalue weighted by Gasteiger charge is 2.49. The van der Waals surface area contributed by atoms with E-state index in [1.54, 1.807) is 19.2 Å². The molecule has 0 aliphatic carbocycles. The van der Waals surface area contributed by atoms with Crippen LogP contribution in [0.3, 0.4) is 0 Å². The van der Waals surface area contributed by atoms with Crippen LogP contribution in [0.4, 0.5) is 0 Å². The van der Waals surface area contributed by atoms with Gasteiger partial charge in [-0.15, -0.1) is 0 Å². The molecule has 5 rings (SSSR count). The molecule has 5 nitrogen and oxygen atoms in total. The Hall–Kier alpha value is -2.79. The van der Waals surface area contributed by atoms with Crippen LogP contribution in [0.2, 0.25) is 0 Å². The number of fused-ring (bicyclic) bond motifs is 3. The second-order valence-electron chi connectivity index (χ2n) is 8.77. The molecule has 1 aromatic heterocycles. The summed E-state index contributed by atoms with van der Waals surface area (Å²) in [5, 5.41) is 10.5. The van der Waals surface area contributed by atoms with Crippen molar-refractivity contribution in [3.8, 4) is 5.75 Å². The van der Waals surface area contributed by atoms with E-state index < -0.39 is 5.97 Å². The predicted octanol–water partition coefficient (Wildman–Crippen LogP) is 5.23. The van der Waals surface area contributed by atoms with Gasteiger partial charge in [0.05, 0.1) is 12.7 Å². The van der Waals surface area contributed by atoms with Gasteiger partial charge in [0.25, 0.3) is 0 Å². The number of carboxylic acids is 1. The van der Waals surface area contributed by atoms with E-state index >= 15 is 0 Å². The van der Waals surface area contributed by atoms with E-state index in [9.17, 15) is 9.90 Å². The molecule has 3 heterocycles. The van der Waals surface area contributed by atoms with Crippen molar-refractivity contribution >= 4 is 16.9 Å². The number of piperidine rings is 1. The summed E-state index contributed by atoms with van der Waals surface area (Å²) >= 11 is 0. The molecule has 0 amide bonds. The van der Waals surface area contributed by atoms with Crippen LogP contribution in [0, 0.1) is 6.92 Å². The van der Waals surface area contributed by atoms with Gasteiger partial charge in [0.15, 0.2) is 0 Å². The average Bonchev–Trinajstić information content (AvgIpc) is 3.31. The van der Waals surface area contributed by atoms with Crippen LogP contribution >= 0.6 is 0 Å². The van der Waals surface area contributed by atoms with Crippen molar-refractivity contribution in [2.45, 2.75) is 57.2 Å². The van der Waals surface area contributed by atoms with E-state index in [0.29, 0.717) is 11.6 Å². The van der Waals surface area contributed by atoms with Crippen molar-refractivity contribution < 1.29 is 14.6 Å². The SMILES string of the molecule is COc1cc(C)c2[nH]ccc2c1CN1[C@H]2CCCC1(c1ccc(C(=O)O)cc1)CC2. The summed E-state index contributed by atoms with van der Waals surface area (Å²) in [4.78, 5) is 17.4. The van der Waals surface area contributed by atoms with Crippen LogP contribution < -0.4 is 4.74 Å². The zero-order valence-corrected chi connectivity index (χ0v) is 17.6. The first-order valence-electron chi connectivity index (χ1n) is 10.8. The molecule has 2 aliphatic rings. The highest BCUT2D eigenvalue weighted by atomic mass is 16.5. The summed E-state index contributed by atoms with van der Waals surface area (Å²) in [6, 6.07) is 12.4. The van der Waals surface area contributed by atoms with Gasteiger partial charge in [0.2, 0.25) is 0 Å². The van der Waals surface area contributed by atoms with Gasteiger partial charge in [0, 0.05) is 40.8 Å². The number of hydrogen-bond acceptors (Lipinski definition) is 3. The minimum atomic E-state index is -0.872. The largest absolute Gasteiger partial charge is 0.496 e. The predicted molar refractivity (Wildman–Crippen MR) is 117 cm³/mol. The lowest BCUT2D eigenvalue weighted by molar-refractivity contribution is 0.0423. The minimum Gasteiger partial charge on any atom is -0.496 e. The number of nitrogens with zero attached hydrogens (tertiary/aromatic N) is 1. The quantitative estimate of drug-likeness (QED) is 0.611. The van der Waals surface area contributed by atoms with Crippen molar-refractivity contribution in [2.24, 2.45) is 0 Å². The first-order chi connectivity index (χ1) is 14.5. The van der Waals surface area contributed by atoms with Crippen LogP contribution in [-0.2, 0) is 12.1 Å². The Morgan fingerprint density at radius 1 is 1.23 bits per heavy atom. The molecule has 2 aromatic carbocycles. The topological polar surface area (TPSA) is 65.6 Å². The van der Waals surface area contributed by atoms with Crippen LogP contribution in [0.5, 0.6) is 5.75 Å². The maximum Gasteiger partial charge on any atom is 0.335 e. The molecule has 2 saturated heterocycles. The molecule has 0 radical (unpaired) electrons. The Morgan fingerprint density at radius 2 is 2.03 bits per heavy atom. The second kappa shape index (κ2) is 7.17. The summed E-state index contributed by atoms with van der Waals surface area (Å²) in [5.74, 6) is 0.0732. The van der Waals surface area contributed by atoms with Crippen molar-refractivity contribution in [3.63, 3.8) is 0 Å². The van der Waals surface area contributed by atoms with E-state index in [2.05, 4.69) is 28.9 Å². The highest BCUT2D eigenvalue weighted by Crippen LogP contribution is 2.52. The van der Waals surface area contributed by atoms with Crippen LogP contribution in [-0.4, -0.2) is 34.1 Å². The Balaban J connectivity index is 1.58. The fourth-order valence-corrected chi connectivity index (χ4v) is 5.86. The number of aromatic carboxylic acids is 1. The van der Waals surface area contributed by atoms with E-state index in [1.807, 2.05) is 18.3 Å². The number of aryl methyl sites for hydroxylation is 1. The van der Waals surface area contributed by atoms with Crippen molar-refractivity contribution in [1.29, 1.82) is 0 Å². The Morgan fingerprint density at radius 3 is 2.77 bits per heavy atom. The third-order valence-electron chi connectivity index (χ3n) is 7.34. The molecular formula is C25H28N2O3. The molecule has 2 bridgehead atoms. The minimum absolute atomic E-state index is 0.0293. The molecule has 3 aromatic rings. The smallest absolute Gasteiger partial charge is 0.335 e. The lowest BCUT2D eigenvalue weighted by Crippen LogP contribution is -2.47. The number of nitrogens with one attached hydrogen (secondary N) is 1. The van der Waals surface area contributed by atoms with E-state index in [1.165, 1.54) is 46.9 Å². The monoisotopic (exact) mass is 404 g/mol. The zero-order chi connectivity index (χ0) is 20.9. The van der Waals surface area contributed by atoms with Crippen LogP contribution in [0.15, 0.2) is 42.6 Å². The van der Waals surface area contributed by atoms with E-state index in [4.69, 9.17) is 4.74 Å². The van der Waals surface area contributed by atoms with Gasteiger partial charge in [-0.25, -0.2) is 4.79 Å². The van der Waals surface area contributed by atoms with E-state index in [-0.39, 0.29) is 5.54 Å². The number of hydrogen-bond donors (Lipinski definition) is 2. The van der Waals surface area contributed by atoms with Crippen LogP contribution in [0.1, 0.15) is 59.2 Å². The Kier molecular flexibility index (Phi) is 4.58. The molecule has 2 atom stereocenters. The number of carbonyl (C=O) groups is 1. The van der Waals surface area contributed by atoms with Gasteiger partial charge in [-0.1, -0.05) is 12.1 Å². The van der Waals surface area contributed by atoms with Crippen LogP contribution in [0.25, 0.3) is 10.9 Å². The lowest BCUT2D eigenvalue weighted by atomic mass is 9.81. The second-order valence-corrected chi connectivity index (χ2v) is 8.77. The maximum absolute atomic E-state index is 11.3. The number of aromatic amines is 1. The molecule has 0 saturated carbocycles. The number of carboxylic acid groups (broad SMARTS) is 1. The first kappa shape index (κ1) is 19.2. The Bertz CT molecular complexity index is 1100. The van der Waals surface area contributed by atoms with Gasteiger partial charge in [-0.2, -0.15) is 0 Å². The molecule has 30 heavy (non-hydrogen) atoms. The number of rotatable bonds is 5. The fourth-order valence-electron chi connectivity index (χ4n) is 5.86. The van der Waals surface area contributed by atoms with Gasteiger partial charge in [-0.3, -0.25) is 4.90 Å². The van der Waals surface area contributed by atoms with Gasteiger partial charge >= 0.3 is 5.97 Å². The summed E-state index contributed by atoms with van der Waals surface area (Å²) < 4.78 is 5.81. The molecule has 5 heteroatoms. The zero-order valence-electron chi connectivity index (χ0n) is 17.6. The third kappa shape index (κ3) is 2.83. The normalized spacial score (nSPS) is 23.7. The Labute approximate surface area is 176 Å². The highest BCUT2D eigenvalue weighted by molar-refractivity contribution is 5.88. The molecule has 2 fully saturated rings. The van der Waals surface area contributed by atoms with Crippen molar-refractivity contribution in [3.05, 3.63) is 64.8 Å². The lowest BCUT2D eigenvalue weighted by Gasteiger charge is -2.46. The standard InChI is InChI=1S/C25H28N2O3/c1-16-14-22(30-2)21(20-10-13-26-23(16)20)15-27-19-4-3-11-25(27,12-9-19)18-7-5-17(6-8-18)24(28)29/h5-8,10,13-14,19,26H,3-4,9,11-12,15H2,1-2H3,(H,28,29)/t19-,25?/m0/s1. The van der Waals surface area contributed by atoms with Crippen molar-refractivity contribution in [1.82, 2.24) is 9.88 Å². The molecule has 1 unspecified atom stereocenters. The summed E-state index contributed by atoms with van der Waals surface area (Å²) in [6.07, 6.45) is 7.86. The van der Waals surface area contributed by atoms with Gasteiger partial charge in [0.1, 0.15) is 5.75 Å². The molecule has 2 N–H and O–H groups in total. The van der Waals surface area contributed by atoms with Crippen molar-refractivity contribution in [2.75, 3.05) is 7.11 Å². The molecule has 2 aliphatic heterocycles. The number of methoxy groups -OCH3 is 1. The number of benzene rings is 2. The number of H-pyrrole nitrogens is 1.